The van der Waals surface area contributed by atoms with Crippen molar-refractivity contribution in [1.29, 1.82) is 0 Å². The summed E-state index contributed by atoms with van der Waals surface area (Å²) < 4.78 is 0. The Hall–Kier alpha value is -2.43. The number of rotatable bonds is 6. The van der Waals surface area contributed by atoms with Crippen molar-refractivity contribution in [3.8, 4) is 0 Å². The van der Waals surface area contributed by atoms with Crippen LogP contribution in [0, 0.1) is 13.8 Å². The number of nitrogens with one attached hydrogen (secondary N) is 1. The van der Waals surface area contributed by atoms with Crippen molar-refractivity contribution < 1.29 is 4.79 Å². The van der Waals surface area contributed by atoms with Gasteiger partial charge in [-0.25, -0.2) is 9.97 Å². The first kappa shape index (κ1) is 16.9. The van der Waals surface area contributed by atoms with Gasteiger partial charge in [0, 0.05) is 25.3 Å². The molecule has 0 aliphatic heterocycles. The van der Waals surface area contributed by atoms with Crippen molar-refractivity contribution >= 4 is 17.4 Å². The highest BCUT2D eigenvalue weighted by Gasteiger charge is 2.15. The summed E-state index contributed by atoms with van der Waals surface area (Å²) in [6, 6.07) is 9.73. The molecule has 2 rings (SSSR count). The molecule has 1 amide bonds. The van der Waals surface area contributed by atoms with E-state index in [1.54, 1.807) is 17.9 Å². The molecule has 0 aliphatic rings. The molecule has 0 saturated heterocycles. The fraction of sp³-hybridized carbons (Fsp3) is 0.389. The minimum atomic E-state index is -0.0729. The van der Waals surface area contributed by atoms with Gasteiger partial charge in [0.2, 0.25) is 0 Å². The number of aromatic nitrogens is 2. The van der Waals surface area contributed by atoms with Crippen LogP contribution in [0.2, 0.25) is 0 Å². The van der Waals surface area contributed by atoms with E-state index < -0.39 is 0 Å². The minimum absolute atomic E-state index is 0.0729. The van der Waals surface area contributed by atoms with E-state index in [1.165, 1.54) is 0 Å². The van der Waals surface area contributed by atoms with E-state index in [9.17, 15) is 4.79 Å². The van der Waals surface area contributed by atoms with Gasteiger partial charge in [-0.1, -0.05) is 25.5 Å². The number of aryl methyl sites for hydroxylation is 2. The first-order chi connectivity index (χ1) is 11.0. The number of benzene rings is 1. The van der Waals surface area contributed by atoms with Crippen LogP contribution in [-0.4, -0.2) is 34.4 Å². The lowest BCUT2D eigenvalue weighted by Gasteiger charge is -2.17. The molecule has 5 heteroatoms. The van der Waals surface area contributed by atoms with Crippen LogP contribution in [0.15, 0.2) is 30.3 Å². The highest BCUT2D eigenvalue weighted by atomic mass is 16.2. The second-order valence-corrected chi connectivity index (χ2v) is 5.76. The summed E-state index contributed by atoms with van der Waals surface area (Å²) >= 11 is 0. The topological polar surface area (TPSA) is 58.1 Å². The summed E-state index contributed by atoms with van der Waals surface area (Å²) in [5.74, 6) is 1.14. The smallest absolute Gasteiger partial charge is 0.272 e. The van der Waals surface area contributed by atoms with E-state index in [4.69, 9.17) is 0 Å². The van der Waals surface area contributed by atoms with Crippen LogP contribution < -0.4 is 5.32 Å². The predicted octanol–water partition coefficient (Wildman–Crippen LogP) is 3.71. The van der Waals surface area contributed by atoms with E-state index in [0.717, 1.165) is 30.6 Å². The maximum absolute atomic E-state index is 12.5. The summed E-state index contributed by atoms with van der Waals surface area (Å²) in [5.41, 5.74) is 2.53. The van der Waals surface area contributed by atoms with Crippen molar-refractivity contribution in [3.63, 3.8) is 0 Å². The molecule has 1 heterocycles. The number of carbonyl (C=O) groups is 1. The fourth-order valence-corrected chi connectivity index (χ4v) is 2.30. The fourth-order valence-electron chi connectivity index (χ4n) is 2.30. The zero-order valence-electron chi connectivity index (χ0n) is 14.3. The van der Waals surface area contributed by atoms with Crippen LogP contribution in [0.1, 0.15) is 41.6 Å². The molecule has 0 unspecified atom stereocenters. The monoisotopic (exact) mass is 312 g/mol. The SMILES string of the molecule is CCCCN(C)C(=O)c1cc(Nc2cccc(C)c2)nc(C)n1. The lowest BCUT2D eigenvalue weighted by Crippen LogP contribution is -2.28. The van der Waals surface area contributed by atoms with Gasteiger partial charge < -0.3 is 10.2 Å². The quantitative estimate of drug-likeness (QED) is 0.883. The number of unbranched alkanes of at least 4 members (excludes halogenated alkanes) is 1. The van der Waals surface area contributed by atoms with Gasteiger partial charge >= 0.3 is 0 Å². The summed E-state index contributed by atoms with van der Waals surface area (Å²) in [6.45, 7) is 6.67. The van der Waals surface area contributed by atoms with Gasteiger partial charge in [0.05, 0.1) is 0 Å². The molecule has 0 saturated carbocycles. The molecule has 0 aliphatic carbocycles. The third-order valence-electron chi connectivity index (χ3n) is 3.54. The predicted molar refractivity (Wildman–Crippen MR) is 93.1 cm³/mol. The van der Waals surface area contributed by atoms with E-state index in [1.807, 2.05) is 38.2 Å². The Morgan fingerprint density at radius 2 is 2.00 bits per heavy atom. The second kappa shape index (κ2) is 7.72. The maximum Gasteiger partial charge on any atom is 0.272 e. The van der Waals surface area contributed by atoms with Crippen molar-refractivity contribution in [2.75, 3.05) is 18.9 Å². The third-order valence-corrected chi connectivity index (χ3v) is 3.54. The first-order valence-electron chi connectivity index (χ1n) is 7.94. The Bertz CT molecular complexity index is 684. The standard InChI is InChI=1S/C18H24N4O/c1-5-6-10-22(4)18(23)16-12-17(20-14(3)19-16)21-15-9-7-8-13(2)11-15/h7-9,11-12H,5-6,10H2,1-4H3,(H,19,20,21). The third kappa shape index (κ3) is 4.77. The molecular weight excluding hydrogens is 288 g/mol. The molecule has 122 valence electrons. The number of amides is 1. The van der Waals surface area contributed by atoms with Crippen molar-refractivity contribution in [2.45, 2.75) is 33.6 Å². The molecule has 1 aromatic carbocycles. The van der Waals surface area contributed by atoms with Crippen molar-refractivity contribution in [2.24, 2.45) is 0 Å². The zero-order valence-corrected chi connectivity index (χ0v) is 14.3. The van der Waals surface area contributed by atoms with E-state index in [0.29, 0.717) is 17.3 Å². The minimum Gasteiger partial charge on any atom is -0.340 e. The lowest BCUT2D eigenvalue weighted by atomic mass is 10.2. The molecule has 0 bridgehead atoms. The maximum atomic E-state index is 12.5. The number of carbonyl (C=O) groups excluding carboxylic acids is 1. The van der Waals surface area contributed by atoms with Gasteiger partial charge in [-0.15, -0.1) is 0 Å². The van der Waals surface area contributed by atoms with Gasteiger partial charge in [-0.2, -0.15) is 0 Å². The highest BCUT2D eigenvalue weighted by Crippen LogP contribution is 2.17. The normalized spacial score (nSPS) is 10.4. The first-order valence-corrected chi connectivity index (χ1v) is 7.94. The van der Waals surface area contributed by atoms with E-state index in [-0.39, 0.29) is 5.91 Å². The number of hydrogen-bond acceptors (Lipinski definition) is 4. The largest absolute Gasteiger partial charge is 0.340 e. The van der Waals surface area contributed by atoms with Crippen LogP contribution in [0.3, 0.4) is 0 Å². The number of nitrogens with zero attached hydrogens (tertiary/aromatic N) is 3. The number of hydrogen-bond donors (Lipinski definition) is 1. The Labute approximate surface area is 137 Å². The average Bonchev–Trinajstić information content (AvgIpc) is 2.51. The number of anilines is 2. The Kier molecular flexibility index (Phi) is 5.68. The molecule has 0 radical (unpaired) electrons. The van der Waals surface area contributed by atoms with Gasteiger partial charge in [0.15, 0.2) is 0 Å². The molecule has 0 spiro atoms. The van der Waals surface area contributed by atoms with Gasteiger partial charge in [-0.3, -0.25) is 4.79 Å². The van der Waals surface area contributed by atoms with E-state index >= 15 is 0 Å². The molecule has 1 aromatic heterocycles. The second-order valence-electron chi connectivity index (χ2n) is 5.76. The summed E-state index contributed by atoms with van der Waals surface area (Å²) in [7, 11) is 1.81. The molecule has 23 heavy (non-hydrogen) atoms. The molecule has 1 N–H and O–H groups in total. The zero-order chi connectivity index (χ0) is 16.8. The molecule has 0 atom stereocenters. The Morgan fingerprint density at radius 3 is 2.70 bits per heavy atom. The van der Waals surface area contributed by atoms with E-state index in [2.05, 4.69) is 22.2 Å². The van der Waals surface area contributed by atoms with Crippen LogP contribution in [0.4, 0.5) is 11.5 Å². The van der Waals surface area contributed by atoms with Gasteiger partial charge in [0.25, 0.3) is 5.91 Å². The summed E-state index contributed by atoms with van der Waals surface area (Å²) in [4.78, 5) is 22.8. The Morgan fingerprint density at radius 1 is 1.22 bits per heavy atom. The molecule has 5 nitrogen and oxygen atoms in total. The van der Waals surface area contributed by atoms with Crippen molar-refractivity contribution in [1.82, 2.24) is 14.9 Å². The summed E-state index contributed by atoms with van der Waals surface area (Å²) in [6.07, 6.45) is 2.04. The highest BCUT2D eigenvalue weighted by molar-refractivity contribution is 5.93. The van der Waals surface area contributed by atoms with Crippen LogP contribution in [0.25, 0.3) is 0 Å². The van der Waals surface area contributed by atoms with Crippen LogP contribution in [-0.2, 0) is 0 Å². The van der Waals surface area contributed by atoms with Gasteiger partial charge in [0.1, 0.15) is 17.3 Å². The van der Waals surface area contributed by atoms with Crippen LogP contribution in [0.5, 0.6) is 0 Å². The molecule has 2 aromatic rings. The molecular formula is C18H24N4O. The van der Waals surface area contributed by atoms with Crippen molar-refractivity contribution in [3.05, 3.63) is 47.4 Å². The summed E-state index contributed by atoms with van der Waals surface area (Å²) in [5, 5.41) is 3.24. The average molecular weight is 312 g/mol. The molecule has 0 fully saturated rings. The lowest BCUT2D eigenvalue weighted by molar-refractivity contribution is 0.0787. The Balaban J connectivity index is 2.20. The van der Waals surface area contributed by atoms with Gasteiger partial charge in [-0.05, 0) is 38.0 Å². The van der Waals surface area contributed by atoms with Crippen LogP contribution >= 0.6 is 0 Å².